The second-order valence-corrected chi connectivity index (χ2v) is 4.39. The second-order valence-electron chi connectivity index (χ2n) is 4.39. The Bertz CT molecular complexity index is 381. The summed E-state index contributed by atoms with van der Waals surface area (Å²) >= 11 is 0. The van der Waals surface area contributed by atoms with E-state index in [0.717, 1.165) is 38.2 Å². The van der Waals surface area contributed by atoms with Gasteiger partial charge in [-0.15, -0.1) is 24.8 Å². The topological polar surface area (TPSA) is 34.1 Å². The van der Waals surface area contributed by atoms with Crippen LogP contribution in [0.5, 0.6) is 5.88 Å². The molecule has 1 saturated heterocycles. The molecular weight excluding hydrogens is 316 g/mol. The van der Waals surface area contributed by atoms with Crippen LogP contribution >= 0.6 is 24.8 Å². The van der Waals surface area contributed by atoms with Crippen LogP contribution in [0.15, 0.2) is 18.3 Å². The molecule has 0 unspecified atom stereocenters. The van der Waals surface area contributed by atoms with Crippen LogP contribution in [0.4, 0.5) is 13.2 Å². The highest BCUT2D eigenvalue weighted by Gasteiger charge is 2.30. The first-order valence-electron chi connectivity index (χ1n) is 5.92. The molecule has 0 bridgehead atoms. The lowest BCUT2D eigenvalue weighted by atomic mass is 9.99. The van der Waals surface area contributed by atoms with E-state index < -0.39 is 11.7 Å². The lowest BCUT2D eigenvalue weighted by molar-refractivity contribution is -0.137. The first-order chi connectivity index (χ1) is 8.55. The van der Waals surface area contributed by atoms with Crippen LogP contribution in [0.2, 0.25) is 0 Å². The number of alkyl halides is 3. The summed E-state index contributed by atoms with van der Waals surface area (Å²) in [6.45, 7) is 2.45. The first-order valence-corrected chi connectivity index (χ1v) is 5.92. The molecule has 1 aliphatic rings. The van der Waals surface area contributed by atoms with Crippen molar-refractivity contribution in [2.45, 2.75) is 19.0 Å². The largest absolute Gasteiger partial charge is 0.477 e. The third-order valence-corrected chi connectivity index (χ3v) is 2.99. The van der Waals surface area contributed by atoms with Gasteiger partial charge in [-0.25, -0.2) is 4.98 Å². The maximum absolute atomic E-state index is 12.3. The number of piperidine rings is 1. The second kappa shape index (κ2) is 8.54. The molecule has 1 aliphatic heterocycles. The summed E-state index contributed by atoms with van der Waals surface area (Å²) in [6.07, 6.45) is -1.49. The fourth-order valence-corrected chi connectivity index (χ4v) is 1.88. The lowest BCUT2D eigenvalue weighted by Crippen LogP contribution is -2.30. The number of ether oxygens (including phenoxy) is 1. The molecule has 0 atom stereocenters. The lowest BCUT2D eigenvalue weighted by Gasteiger charge is -2.22. The van der Waals surface area contributed by atoms with Gasteiger partial charge < -0.3 is 10.1 Å². The van der Waals surface area contributed by atoms with Gasteiger partial charge in [-0.1, -0.05) is 0 Å². The first kappa shape index (κ1) is 19.3. The third kappa shape index (κ3) is 5.73. The Morgan fingerprint density at radius 2 is 1.85 bits per heavy atom. The highest BCUT2D eigenvalue weighted by atomic mass is 35.5. The number of hydrogen-bond donors (Lipinski definition) is 1. The SMILES string of the molecule is Cl.Cl.FC(F)(F)c1ccc(OCC2CCNCC2)nc1. The zero-order valence-corrected chi connectivity index (χ0v) is 12.3. The number of nitrogens with zero attached hydrogens (tertiary/aromatic N) is 1. The molecule has 0 radical (unpaired) electrons. The normalized spacial score (nSPS) is 15.9. The predicted octanol–water partition coefficient (Wildman–Crippen LogP) is 3.32. The average molecular weight is 333 g/mol. The summed E-state index contributed by atoms with van der Waals surface area (Å²) in [5.41, 5.74) is -0.753. The number of hydrogen-bond acceptors (Lipinski definition) is 3. The van der Waals surface area contributed by atoms with E-state index in [-0.39, 0.29) is 30.7 Å². The molecule has 0 amide bonds. The molecule has 116 valence electrons. The number of nitrogens with one attached hydrogen (secondary N) is 1. The Morgan fingerprint density at radius 1 is 1.20 bits per heavy atom. The number of aromatic nitrogens is 1. The van der Waals surface area contributed by atoms with Crippen molar-refractivity contribution in [3.05, 3.63) is 23.9 Å². The van der Waals surface area contributed by atoms with E-state index in [2.05, 4.69) is 10.3 Å². The summed E-state index contributed by atoms with van der Waals surface area (Å²) in [6, 6.07) is 2.26. The van der Waals surface area contributed by atoms with Crippen LogP contribution in [0.25, 0.3) is 0 Å². The molecule has 1 fully saturated rings. The van der Waals surface area contributed by atoms with E-state index in [1.807, 2.05) is 0 Å². The van der Waals surface area contributed by atoms with Crippen molar-refractivity contribution in [2.24, 2.45) is 5.92 Å². The van der Waals surface area contributed by atoms with Crippen molar-refractivity contribution in [3.63, 3.8) is 0 Å². The van der Waals surface area contributed by atoms with E-state index in [1.54, 1.807) is 0 Å². The Morgan fingerprint density at radius 3 is 2.35 bits per heavy atom. The van der Waals surface area contributed by atoms with Gasteiger partial charge in [0.15, 0.2) is 0 Å². The van der Waals surface area contributed by atoms with Crippen molar-refractivity contribution < 1.29 is 17.9 Å². The standard InChI is InChI=1S/C12H15F3N2O.2ClH/c13-12(14,15)10-1-2-11(17-7-10)18-8-9-3-5-16-6-4-9;;/h1-2,7,9,16H,3-6,8H2;2*1H. The number of rotatable bonds is 3. The van der Waals surface area contributed by atoms with Crippen molar-refractivity contribution in [1.29, 1.82) is 0 Å². The Kier molecular flexibility index (Phi) is 8.23. The molecule has 1 aromatic heterocycles. The molecule has 0 spiro atoms. The summed E-state index contributed by atoms with van der Waals surface area (Å²) in [5.74, 6) is 0.705. The molecule has 20 heavy (non-hydrogen) atoms. The van der Waals surface area contributed by atoms with Gasteiger partial charge in [0.05, 0.1) is 12.2 Å². The van der Waals surface area contributed by atoms with Crippen LogP contribution in [-0.2, 0) is 6.18 Å². The Balaban J connectivity index is 0.00000180. The minimum atomic E-state index is -4.35. The minimum absolute atomic E-state index is 0. The molecule has 2 heterocycles. The average Bonchev–Trinajstić information content (AvgIpc) is 2.37. The van der Waals surface area contributed by atoms with Gasteiger partial charge in [-0.3, -0.25) is 0 Å². The monoisotopic (exact) mass is 332 g/mol. The predicted molar refractivity (Wildman–Crippen MR) is 74.8 cm³/mol. The highest BCUT2D eigenvalue weighted by molar-refractivity contribution is 5.85. The smallest absolute Gasteiger partial charge is 0.417 e. The van der Waals surface area contributed by atoms with Gasteiger partial charge in [0.25, 0.3) is 0 Å². The van der Waals surface area contributed by atoms with Crippen LogP contribution in [-0.4, -0.2) is 24.7 Å². The van der Waals surface area contributed by atoms with Crippen LogP contribution < -0.4 is 10.1 Å². The fourth-order valence-electron chi connectivity index (χ4n) is 1.88. The molecule has 2 rings (SSSR count). The molecule has 3 nitrogen and oxygen atoms in total. The fraction of sp³-hybridized carbons (Fsp3) is 0.583. The van der Waals surface area contributed by atoms with Gasteiger partial charge in [-0.2, -0.15) is 13.2 Å². The van der Waals surface area contributed by atoms with Gasteiger partial charge >= 0.3 is 6.18 Å². The van der Waals surface area contributed by atoms with Crippen molar-refractivity contribution in [2.75, 3.05) is 19.7 Å². The maximum atomic E-state index is 12.3. The van der Waals surface area contributed by atoms with Gasteiger partial charge in [0.2, 0.25) is 5.88 Å². The Hall–Kier alpha value is -0.720. The van der Waals surface area contributed by atoms with Crippen LogP contribution in [0.1, 0.15) is 18.4 Å². The molecule has 0 aromatic carbocycles. The summed E-state index contributed by atoms with van der Waals surface area (Å²) in [5, 5.41) is 3.24. The molecule has 1 aromatic rings. The molecular formula is C12H17Cl2F3N2O. The van der Waals surface area contributed by atoms with Crippen molar-refractivity contribution in [3.8, 4) is 5.88 Å². The van der Waals surface area contributed by atoms with E-state index in [0.29, 0.717) is 12.5 Å². The van der Waals surface area contributed by atoms with E-state index in [4.69, 9.17) is 4.74 Å². The number of halogens is 5. The summed E-state index contributed by atoms with van der Waals surface area (Å²) in [7, 11) is 0. The summed E-state index contributed by atoms with van der Waals surface area (Å²) < 4.78 is 42.3. The number of pyridine rings is 1. The quantitative estimate of drug-likeness (QED) is 0.921. The van der Waals surface area contributed by atoms with Crippen LogP contribution in [0, 0.1) is 5.92 Å². The maximum Gasteiger partial charge on any atom is 0.417 e. The molecule has 8 heteroatoms. The summed E-state index contributed by atoms with van der Waals surface area (Å²) in [4.78, 5) is 3.67. The van der Waals surface area contributed by atoms with E-state index >= 15 is 0 Å². The van der Waals surface area contributed by atoms with E-state index in [9.17, 15) is 13.2 Å². The molecule has 1 N–H and O–H groups in total. The minimum Gasteiger partial charge on any atom is -0.477 e. The van der Waals surface area contributed by atoms with E-state index in [1.165, 1.54) is 6.07 Å². The zero-order valence-electron chi connectivity index (χ0n) is 10.7. The van der Waals surface area contributed by atoms with Gasteiger partial charge in [-0.05, 0) is 37.9 Å². The van der Waals surface area contributed by atoms with Gasteiger partial charge in [0.1, 0.15) is 0 Å². The third-order valence-electron chi connectivity index (χ3n) is 2.99. The molecule has 0 saturated carbocycles. The van der Waals surface area contributed by atoms with Crippen molar-refractivity contribution >= 4 is 24.8 Å². The molecule has 0 aliphatic carbocycles. The highest BCUT2D eigenvalue weighted by Crippen LogP contribution is 2.29. The van der Waals surface area contributed by atoms with Crippen molar-refractivity contribution in [1.82, 2.24) is 10.3 Å². The van der Waals surface area contributed by atoms with Gasteiger partial charge in [0, 0.05) is 12.3 Å². The zero-order chi connectivity index (χ0) is 13.0. The van der Waals surface area contributed by atoms with Crippen LogP contribution in [0.3, 0.4) is 0 Å². The Labute approximate surface area is 128 Å².